The van der Waals surface area contributed by atoms with Crippen LogP contribution in [0.2, 0.25) is 0 Å². The number of ether oxygens (including phenoxy) is 2. The van der Waals surface area contributed by atoms with Gasteiger partial charge in [-0.15, -0.1) is 0 Å². The molecule has 0 aliphatic heterocycles. The summed E-state index contributed by atoms with van der Waals surface area (Å²) in [6.45, 7) is 0. The van der Waals surface area contributed by atoms with Gasteiger partial charge in [0.2, 0.25) is 0 Å². The van der Waals surface area contributed by atoms with Crippen molar-refractivity contribution < 1.29 is 19.3 Å². The van der Waals surface area contributed by atoms with Crippen molar-refractivity contribution in [1.29, 1.82) is 0 Å². The van der Waals surface area contributed by atoms with Crippen molar-refractivity contribution >= 4 is 23.4 Å². The van der Waals surface area contributed by atoms with Crippen molar-refractivity contribution in [3.63, 3.8) is 0 Å². The quantitative estimate of drug-likeness (QED) is 0.457. The lowest BCUT2D eigenvalue weighted by molar-refractivity contribution is -0.385. The molecule has 1 heterocycles. The van der Waals surface area contributed by atoms with Gasteiger partial charge >= 0.3 is 0 Å². The molecule has 1 aromatic carbocycles. The van der Waals surface area contributed by atoms with E-state index in [1.807, 2.05) is 0 Å². The summed E-state index contributed by atoms with van der Waals surface area (Å²) in [5.41, 5.74) is 2.33. The Balaban J connectivity index is 2.24. The van der Waals surface area contributed by atoms with Crippen LogP contribution in [-0.4, -0.2) is 35.3 Å². The van der Waals surface area contributed by atoms with Gasteiger partial charge in [-0.25, -0.2) is 4.98 Å². The van der Waals surface area contributed by atoms with E-state index in [0.29, 0.717) is 5.75 Å². The van der Waals surface area contributed by atoms with Crippen LogP contribution in [0.15, 0.2) is 35.6 Å². The third kappa shape index (κ3) is 4.16. The second kappa shape index (κ2) is 7.68. The van der Waals surface area contributed by atoms with E-state index in [2.05, 4.69) is 15.5 Å². The lowest BCUT2D eigenvalue weighted by atomic mass is 10.1. The summed E-state index contributed by atoms with van der Waals surface area (Å²) < 4.78 is 10.1. The number of aromatic nitrogens is 1. The Kier molecular flexibility index (Phi) is 5.40. The molecule has 0 saturated carbocycles. The van der Waals surface area contributed by atoms with Crippen LogP contribution in [-0.2, 0) is 0 Å². The molecule has 0 amide bonds. The number of hydrazone groups is 1. The zero-order chi connectivity index (χ0) is 18.4. The van der Waals surface area contributed by atoms with E-state index in [1.54, 1.807) is 0 Å². The van der Waals surface area contributed by atoms with Gasteiger partial charge in [0.1, 0.15) is 12.0 Å². The highest BCUT2D eigenvalue weighted by Crippen LogP contribution is 2.33. The molecule has 130 valence electrons. The van der Waals surface area contributed by atoms with Gasteiger partial charge in [0.25, 0.3) is 11.4 Å². The molecule has 2 rings (SSSR count). The Morgan fingerprint density at radius 1 is 1.12 bits per heavy atom. The summed E-state index contributed by atoms with van der Waals surface area (Å²) in [6.07, 6.45) is 2.28. The number of rotatable bonds is 7. The molecule has 2 aromatic rings. The molecule has 1 N–H and O–H groups in total. The largest absolute Gasteiger partial charge is 0.493 e. The first kappa shape index (κ1) is 17.6. The summed E-state index contributed by atoms with van der Waals surface area (Å²) in [6, 6.07) is 5.25. The number of benzene rings is 1. The van der Waals surface area contributed by atoms with Crippen LogP contribution in [0.25, 0.3) is 0 Å². The van der Waals surface area contributed by atoms with E-state index in [4.69, 9.17) is 9.47 Å². The maximum atomic E-state index is 11.2. The molecule has 11 heteroatoms. The average Bonchev–Trinajstić information content (AvgIpc) is 2.61. The van der Waals surface area contributed by atoms with Gasteiger partial charge in [-0.05, 0) is 12.1 Å². The molecule has 0 radical (unpaired) electrons. The van der Waals surface area contributed by atoms with Gasteiger partial charge in [-0.2, -0.15) is 5.10 Å². The molecule has 11 nitrogen and oxygen atoms in total. The maximum absolute atomic E-state index is 11.2. The fourth-order valence-corrected chi connectivity index (χ4v) is 1.87. The minimum absolute atomic E-state index is 0.162. The second-order valence-electron chi connectivity index (χ2n) is 4.55. The minimum Gasteiger partial charge on any atom is -0.493 e. The van der Waals surface area contributed by atoms with Crippen LogP contribution in [0.1, 0.15) is 5.56 Å². The molecule has 0 aliphatic rings. The zero-order valence-corrected chi connectivity index (χ0v) is 13.2. The van der Waals surface area contributed by atoms with Crippen LogP contribution in [0.4, 0.5) is 17.2 Å². The summed E-state index contributed by atoms with van der Waals surface area (Å²) in [7, 11) is 2.78. The van der Waals surface area contributed by atoms with Gasteiger partial charge in [-0.1, -0.05) is 0 Å². The number of nitrogens with zero attached hydrogens (tertiary/aromatic N) is 4. The second-order valence-corrected chi connectivity index (χ2v) is 4.55. The fourth-order valence-electron chi connectivity index (χ4n) is 1.87. The number of nitro groups is 2. The Morgan fingerprint density at radius 2 is 1.80 bits per heavy atom. The molecular formula is C14H13N5O6. The SMILES string of the molecule is COc1cc(/C=N/Nc2ccc([N+](=O)[O-])cn2)c([N+](=O)[O-])cc1OC. The molecule has 0 spiro atoms. The van der Waals surface area contributed by atoms with Crippen LogP contribution in [0.5, 0.6) is 11.5 Å². The molecule has 0 aliphatic carbocycles. The van der Waals surface area contributed by atoms with Crippen LogP contribution in [0.3, 0.4) is 0 Å². The normalized spacial score (nSPS) is 10.5. The Labute approximate surface area is 141 Å². The first-order valence-corrected chi connectivity index (χ1v) is 6.76. The summed E-state index contributed by atoms with van der Waals surface area (Å²) in [4.78, 5) is 24.4. The van der Waals surface area contributed by atoms with Gasteiger partial charge < -0.3 is 9.47 Å². The van der Waals surface area contributed by atoms with E-state index in [0.717, 1.165) is 6.20 Å². The van der Waals surface area contributed by atoms with Gasteiger partial charge in [0, 0.05) is 6.07 Å². The minimum atomic E-state index is -0.576. The molecule has 0 unspecified atom stereocenters. The molecule has 1 aromatic heterocycles. The van der Waals surface area contributed by atoms with Crippen molar-refractivity contribution in [2.45, 2.75) is 0 Å². The fraction of sp³-hybridized carbons (Fsp3) is 0.143. The predicted octanol–water partition coefficient (Wildman–Crippen LogP) is 2.36. The molecule has 0 atom stereocenters. The van der Waals surface area contributed by atoms with Crippen LogP contribution >= 0.6 is 0 Å². The van der Waals surface area contributed by atoms with Gasteiger partial charge in [-0.3, -0.25) is 25.7 Å². The first-order valence-electron chi connectivity index (χ1n) is 6.76. The standard InChI is InChI=1S/C14H13N5O6/c1-24-12-5-9(11(19(22)23)6-13(12)25-2)7-16-17-14-4-3-10(8-15-14)18(20)21/h3-8H,1-2H3,(H,15,17)/b16-7+. The summed E-state index contributed by atoms with van der Waals surface area (Å²) in [5.74, 6) is 0.768. The average molecular weight is 347 g/mol. The predicted molar refractivity (Wildman–Crippen MR) is 88.3 cm³/mol. The highest BCUT2D eigenvalue weighted by atomic mass is 16.6. The van der Waals surface area contributed by atoms with E-state index >= 15 is 0 Å². The lowest BCUT2D eigenvalue weighted by Crippen LogP contribution is -2.00. The van der Waals surface area contributed by atoms with Crippen molar-refractivity contribution in [3.8, 4) is 11.5 Å². The molecular weight excluding hydrogens is 334 g/mol. The molecule has 0 saturated heterocycles. The van der Waals surface area contributed by atoms with Crippen molar-refractivity contribution in [3.05, 3.63) is 56.3 Å². The summed E-state index contributed by atoms with van der Waals surface area (Å²) in [5, 5.41) is 25.6. The number of pyridine rings is 1. The third-order valence-electron chi connectivity index (χ3n) is 3.07. The molecule has 25 heavy (non-hydrogen) atoms. The number of anilines is 1. The number of nitro benzene ring substituents is 1. The number of hydrogen-bond donors (Lipinski definition) is 1. The molecule has 0 fully saturated rings. The Bertz CT molecular complexity index is 821. The van der Waals surface area contributed by atoms with E-state index in [-0.39, 0.29) is 28.5 Å². The highest BCUT2D eigenvalue weighted by Gasteiger charge is 2.18. The smallest absolute Gasteiger partial charge is 0.287 e. The van der Waals surface area contributed by atoms with E-state index in [9.17, 15) is 20.2 Å². The highest BCUT2D eigenvalue weighted by molar-refractivity contribution is 5.87. The van der Waals surface area contributed by atoms with Crippen LogP contribution < -0.4 is 14.9 Å². The van der Waals surface area contributed by atoms with Crippen molar-refractivity contribution in [1.82, 2.24) is 4.98 Å². The number of nitrogens with one attached hydrogen (secondary N) is 1. The Morgan fingerprint density at radius 3 is 2.32 bits per heavy atom. The monoisotopic (exact) mass is 347 g/mol. The number of methoxy groups -OCH3 is 2. The topological polar surface area (TPSA) is 142 Å². The van der Waals surface area contributed by atoms with Crippen LogP contribution in [0, 0.1) is 20.2 Å². The third-order valence-corrected chi connectivity index (χ3v) is 3.07. The van der Waals surface area contributed by atoms with Crippen molar-refractivity contribution in [2.75, 3.05) is 19.6 Å². The Hall–Kier alpha value is -3.76. The van der Waals surface area contributed by atoms with Gasteiger partial charge in [0.05, 0.1) is 41.9 Å². The van der Waals surface area contributed by atoms with E-state index in [1.165, 1.54) is 44.7 Å². The lowest BCUT2D eigenvalue weighted by Gasteiger charge is -2.08. The summed E-state index contributed by atoms with van der Waals surface area (Å²) >= 11 is 0. The van der Waals surface area contributed by atoms with Crippen molar-refractivity contribution in [2.24, 2.45) is 5.10 Å². The first-order chi connectivity index (χ1) is 12.0. The maximum Gasteiger partial charge on any atom is 0.287 e. The van der Waals surface area contributed by atoms with Gasteiger partial charge in [0.15, 0.2) is 11.5 Å². The number of hydrogen-bond acceptors (Lipinski definition) is 9. The van der Waals surface area contributed by atoms with E-state index < -0.39 is 9.85 Å². The molecule has 0 bridgehead atoms. The zero-order valence-electron chi connectivity index (χ0n) is 13.2.